The highest BCUT2D eigenvalue weighted by Crippen LogP contribution is 2.21. The molecule has 1 aromatic rings. The molecule has 14 heavy (non-hydrogen) atoms. The molecule has 1 fully saturated rings. The van der Waals surface area contributed by atoms with Crippen molar-refractivity contribution in [2.24, 2.45) is 13.0 Å². The van der Waals surface area contributed by atoms with E-state index >= 15 is 0 Å². The number of nitrogens with zero attached hydrogens (tertiary/aromatic N) is 2. The van der Waals surface area contributed by atoms with Crippen LogP contribution >= 0.6 is 11.8 Å². The second kappa shape index (κ2) is 4.84. The highest BCUT2D eigenvalue weighted by atomic mass is 32.2. The van der Waals surface area contributed by atoms with Crippen LogP contribution in [0.5, 0.6) is 0 Å². The number of hydrogen-bond donors (Lipinski definition) is 1. The summed E-state index contributed by atoms with van der Waals surface area (Å²) in [4.78, 5) is 4.31. The molecule has 1 aliphatic heterocycles. The normalized spacial score (nSPS) is 22.5. The summed E-state index contributed by atoms with van der Waals surface area (Å²) in [6.07, 6.45) is 6.55. The Kier molecular flexibility index (Phi) is 3.48. The monoisotopic (exact) mass is 211 g/mol. The van der Waals surface area contributed by atoms with Crippen LogP contribution in [-0.2, 0) is 7.05 Å². The molecule has 0 bridgehead atoms. The van der Waals surface area contributed by atoms with Crippen molar-refractivity contribution in [1.29, 1.82) is 0 Å². The van der Waals surface area contributed by atoms with E-state index in [2.05, 4.69) is 21.9 Å². The Morgan fingerprint density at radius 2 is 2.64 bits per heavy atom. The number of rotatable bonds is 3. The summed E-state index contributed by atoms with van der Waals surface area (Å²) in [5, 5.41) is 4.57. The summed E-state index contributed by atoms with van der Waals surface area (Å²) in [6.45, 7) is 2.38. The molecule has 3 nitrogen and oxygen atoms in total. The average molecular weight is 211 g/mol. The summed E-state index contributed by atoms with van der Waals surface area (Å²) >= 11 is 1.87. The number of imidazole rings is 1. The highest BCUT2D eigenvalue weighted by molar-refractivity contribution is 7.99. The minimum Gasteiger partial charge on any atom is -0.329 e. The Morgan fingerprint density at radius 3 is 3.29 bits per heavy atom. The summed E-state index contributed by atoms with van der Waals surface area (Å²) < 4.78 is 2.08. The number of thioether (sulfide) groups is 1. The van der Waals surface area contributed by atoms with Gasteiger partial charge in [-0.05, 0) is 31.8 Å². The fourth-order valence-electron chi connectivity index (χ4n) is 1.75. The topological polar surface area (TPSA) is 29.9 Å². The molecule has 2 heterocycles. The van der Waals surface area contributed by atoms with Crippen LogP contribution in [0.15, 0.2) is 17.6 Å². The van der Waals surface area contributed by atoms with Gasteiger partial charge in [-0.2, -0.15) is 0 Å². The van der Waals surface area contributed by atoms with Gasteiger partial charge in [-0.3, -0.25) is 0 Å². The molecule has 0 unspecified atom stereocenters. The molecular weight excluding hydrogens is 194 g/mol. The van der Waals surface area contributed by atoms with E-state index in [1.54, 1.807) is 0 Å². The van der Waals surface area contributed by atoms with Crippen LogP contribution in [0.2, 0.25) is 0 Å². The Labute approximate surface area is 89.3 Å². The van der Waals surface area contributed by atoms with E-state index < -0.39 is 0 Å². The molecule has 0 aliphatic carbocycles. The second-order valence-electron chi connectivity index (χ2n) is 3.84. The molecule has 1 saturated heterocycles. The van der Waals surface area contributed by atoms with Gasteiger partial charge in [0.05, 0.1) is 0 Å². The molecule has 1 aliphatic rings. The van der Waals surface area contributed by atoms with Crippen molar-refractivity contribution in [3.63, 3.8) is 0 Å². The zero-order valence-corrected chi connectivity index (χ0v) is 9.39. The first-order chi connectivity index (χ1) is 6.86. The molecule has 2 rings (SSSR count). The standard InChI is InChI=1S/C10H17N3S/c1-13-6-5-12-10(13)14-8-9-3-2-4-11-7-9/h5-6,9,11H,2-4,7-8H2,1H3/t9-/m1/s1. The van der Waals surface area contributed by atoms with Gasteiger partial charge in [0.25, 0.3) is 0 Å². The third-order valence-corrected chi connectivity index (χ3v) is 3.91. The lowest BCUT2D eigenvalue weighted by Crippen LogP contribution is -2.30. The van der Waals surface area contributed by atoms with Crippen LogP contribution in [0.1, 0.15) is 12.8 Å². The van der Waals surface area contributed by atoms with Crippen molar-refractivity contribution >= 4 is 11.8 Å². The molecule has 78 valence electrons. The van der Waals surface area contributed by atoms with Gasteiger partial charge in [0, 0.05) is 25.2 Å². The molecule has 0 amide bonds. The highest BCUT2D eigenvalue weighted by Gasteiger charge is 2.13. The van der Waals surface area contributed by atoms with Gasteiger partial charge in [0.2, 0.25) is 0 Å². The molecular formula is C10H17N3S. The van der Waals surface area contributed by atoms with Gasteiger partial charge in [-0.25, -0.2) is 4.98 Å². The van der Waals surface area contributed by atoms with E-state index in [1.807, 2.05) is 24.2 Å². The van der Waals surface area contributed by atoms with E-state index in [0.717, 1.165) is 11.1 Å². The van der Waals surface area contributed by atoms with Crippen LogP contribution < -0.4 is 5.32 Å². The third kappa shape index (κ3) is 2.51. The first-order valence-corrected chi connectivity index (χ1v) is 6.15. The summed E-state index contributed by atoms with van der Waals surface area (Å²) in [6, 6.07) is 0. The smallest absolute Gasteiger partial charge is 0.167 e. The molecule has 1 atom stereocenters. The lowest BCUT2D eigenvalue weighted by atomic mass is 10.0. The quantitative estimate of drug-likeness (QED) is 0.769. The predicted molar refractivity (Wildman–Crippen MR) is 59.5 cm³/mol. The molecule has 1 aromatic heterocycles. The maximum atomic E-state index is 4.31. The molecule has 0 radical (unpaired) electrons. The van der Waals surface area contributed by atoms with Crippen molar-refractivity contribution in [3.05, 3.63) is 12.4 Å². The molecule has 0 saturated carbocycles. The zero-order chi connectivity index (χ0) is 9.80. The number of aromatic nitrogens is 2. The fraction of sp³-hybridized carbons (Fsp3) is 0.700. The molecule has 0 aromatic carbocycles. The maximum Gasteiger partial charge on any atom is 0.167 e. The second-order valence-corrected chi connectivity index (χ2v) is 4.83. The van der Waals surface area contributed by atoms with Crippen molar-refractivity contribution < 1.29 is 0 Å². The van der Waals surface area contributed by atoms with Crippen LogP contribution in [0.25, 0.3) is 0 Å². The number of aryl methyl sites for hydroxylation is 1. The van der Waals surface area contributed by atoms with Gasteiger partial charge in [0.15, 0.2) is 5.16 Å². The molecule has 1 N–H and O–H groups in total. The maximum absolute atomic E-state index is 4.31. The minimum absolute atomic E-state index is 0.824. The lowest BCUT2D eigenvalue weighted by Gasteiger charge is -2.21. The molecule has 4 heteroatoms. The van der Waals surface area contributed by atoms with E-state index in [-0.39, 0.29) is 0 Å². The van der Waals surface area contributed by atoms with Crippen molar-refractivity contribution in [2.45, 2.75) is 18.0 Å². The van der Waals surface area contributed by atoms with Crippen LogP contribution in [-0.4, -0.2) is 28.4 Å². The van der Waals surface area contributed by atoms with Crippen molar-refractivity contribution in [2.75, 3.05) is 18.8 Å². The Morgan fingerprint density at radius 1 is 1.71 bits per heavy atom. The average Bonchev–Trinajstić information content (AvgIpc) is 2.63. The van der Waals surface area contributed by atoms with E-state index in [1.165, 1.54) is 31.7 Å². The van der Waals surface area contributed by atoms with Gasteiger partial charge < -0.3 is 9.88 Å². The number of hydrogen-bond acceptors (Lipinski definition) is 3. The van der Waals surface area contributed by atoms with Crippen molar-refractivity contribution in [3.8, 4) is 0 Å². The Hall–Kier alpha value is -0.480. The lowest BCUT2D eigenvalue weighted by molar-refractivity contribution is 0.410. The van der Waals surface area contributed by atoms with Gasteiger partial charge >= 0.3 is 0 Å². The fourth-order valence-corrected chi connectivity index (χ4v) is 2.82. The minimum atomic E-state index is 0.824. The Bertz CT molecular complexity index is 279. The van der Waals surface area contributed by atoms with Crippen LogP contribution in [0.3, 0.4) is 0 Å². The van der Waals surface area contributed by atoms with Gasteiger partial charge in [-0.1, -0.05) is 11.8 Å². The third-order valence-electron chi connectivity index (χ3n) is 2.62. The Balaban J connectivity index is 1.79. The van der Waals surface area contributed by atoms with E-state index in [9.17, 15) is 0 Å². The first-order valence-electron chi connectivity index (χ1n) is 5.17. The van der Waals surface area contributed by atoms with E-state index in [0.29, 0.717) is 0 Å². The summed E-state index contributed by atoms with van der Waals surface area (Å²) in [7, 11) is 2.05. The largest absolute Gasteiger partial charge is 0.329 e. The van der Waals surface area contributed by atoms with Crippen LogP contribution in [0, 0.1) is 5.92 Å². The molecule has 0 spiro atoms. The van der Waals surface area contributed by atoms with Gasteiger partial charge in [0.1, 0.15) is 0 Å². The van der Waals surface area contributed by atoms with Crippen molar-refractivity contribution in [1.82, 2.24) is 14.9 Å². The predicted octanol–water partition coefficient (Wildman–Crippen LogP) is 1.51. The summed E-state index contributed by atoms with van der Waals surface area (Å²) in [5.74, 6) is 2.02. The zero-order valence-electron chi connectivity index (χ0n) is 8.57. The number of nitrogens with one attached hydrogen (secondary N) is 1. The van der Waals surface area contributed by atoms with Crippen LogP contribution in [0.4, 0.5) is 0 Å². The van der Waals surface area contributed by atoms with E-state index in [4.69, 9.17) is 0 Å². The first kappa shape index (κ1) is 10.1. The SMILES string of the molecule is Cn1ccnc1SC[C@@H]1CCCNC1. The number of piperidine rings is 1. The van der Waals surface area contributed by atoms with Gasteiger partial charge in [-0.15, -0.1) is 0 Å². The summed E-state index contributed by atoms with van der Waals surface area (Å²) in [5.41, 5.74) is 0.